The van der Waals surface area contributed by atoms with Gasteiger partial charge in [0.15, 0.2) is 0 Å². The first-order valence-electron chi connectivity index (χ1n) is 7.08. The van der Waals surface area contributed by atoms with E-state index in [-0.39, 0.29) is 18.1 Å². The van der Waals surface area contributed by atoms with Crippen molar-refractivity contribution in [2.45, 2.75) is 25.4 Å². The molecule has 3 nitrogen and oxygen atoms in total. The molecule has 1 aliphatic rings. The maximum absolute atomic E-state index is 13.9. The molecular formula is C17H13Cl2FO3. The zero-order valence-corrected chi connectivity index (χ0v) is 13.5. The summed E-state index contributed by atoms with van der Waals surface area (Å²) in [5, 5.41) is 9.94. The average molecular weight is 355 g/mol. The van der Waals surface area contributed by atoms with Crippen LogP contribution in [0.2, 0.25) is 10.0 Å². The Hall–Kier alpha value is -1.78. The van der Waals surface area contributed by atoms with Crippen LogP contribution in [-0.4, -0.2) is 11.1 Å². The summed E-state index contributed by atoms with van der Waals surface area (Å²) in [4.78, 5) is 11.1. The van der Waals surface area contributed by atoms with Crippen LogP contribution in [0.25, 0.3) is 0 Å². The molecule has 120 valence electrons. The Morgan fingerprint density at radius 2 is 1.83 bits per heavy atom. The molecule has 23 heavy (non-hydrogen) atoms. The Morgan fingerprint density at radius 3 is 2.39 bits per heavy atom. The van der Waals surface area contributed by atoms with E-state index in [2.05, 4.69) is 0 Å². The maximum Gasteiger partial charge on any atom is 0.338 e. The summed E-state index contributed by atoms with van der Waals surface area (Å²) in [7, 11) is 0. The molecule has 2 aromatic carbocycles. The quantitative estimate of drug-likeness (QED) is 0.793. The van der Waals surface area contributed by atoms with E-state index in [1.54, 1.807) is 18.2 Å². The number of hydrogen-bond acceptors (Lipinski definition) is 2. The molecule has 0 aromatic heterocycles. The van der Waals surface area contributed by atoms with E-state index in [9.17, 15) is 9.18 Å². The molecule has 6 heteroatoms. The molecule has 0 saturated heterocycles. The van der Waals surface area contributed by atoms with Crippen LogP contribution in [0, 0.1) is 5.82 Å². The maximum atomic E-state index is 13.9. The second-order valence-electron chi connectivity index (χ2n) is 5.50. The monoisotopic (exact) mass is 354 g/mol. The smallest absolute Gasteiger partial charge is 0.338 e. The normalized spacial score (nSPS) is 13.9. The van der Waals surface area contributed by atoms with Gasteiger partial charge in [0.2, 0.25) is 0 Å². The zero-order valence-electron chi connectivity index (χ0n) is 12.0. The number of carboxylic acids is 1. The molecule has 1 saturated carbocycles. The fraction of sp³-hybridized carbons (Fsp3) is 0.235. The van der Waals surface area contributed by atoms with Gasteiger partial charge < -0.3 is 9.84 Å². The van der Waals surface area contributed by atoms with Gasteiger partial charge in [-0.25, -0.2) is 9.18 Å². The molecule has 0 radical (unpaired) electrons. The minimum atomic E-state index is -1.27. The van der Waals surface area contributed by atoms with Gasteiger partial charge in [0.25, 0.3) is 0 Å². The van der Waals surface area contributed by atoms with Gasteiger partial charge in [0.1, 0.15) is 18.2 Å². The number of carbonyl (C=O) groups is 1. The lowest BCUT2D eigenvalue weighted by Gasteiger charge is -2.13. The van der Waals surface area contributed by atoms with Crippen LogP contribution < -0.4 is 4.74 Å². The lowest BCUT2D eigenvalue weighted by Crippen LogP contribution is -2.07. The Balaban J connectivity index is 1.87. The Morgan fingerprint density at radius 1 is 1.17 bits per heavy atom. The highest BCUT2D eigenvalue weighted by atomic mass is 35.5. The summed E-state index contributed by atoms with van der Waals surface area (Å²) in [6, 6.07) is 7.48. The predicted molar refractivity (Wildman–Crippen MR) is 86.1 cm³/mol. The average Bonchev–Trinajstić information content (AvgIpc) is 3.28. The van der Waals surface area contributed by atoms with Crippen molar-refractivity contribution in [3.63, 3.8) is 0 Å². The number of carboxylic acid groups (broad SMARTS) is 1. The van der Waals surface area contributed by atoms with Crippen LogP contribution in [-0.2, 0) is 6.61 Å². The van der Waals surface area contributed by atoms with Crippen LogP contribution in [0.4, 0.5) is 4.39 Å². The SMILES string of the molecule is O=C(O)c1cc(C2CC2)c(COc2cc(Cl)cc(Cl)c2)cc1F. The minimum absolute atomic E-state index is 0.124. The van der Waals surface area contributed by atoms with Crippen LogP contribution in [0.15, 0.2) is 30.3 Å². The fourth-order valence-electron chi connectivity index (χ4n) is 2.47. The van der Waals surface area contributed by atoms with Crippen molar-refractivity contribution in [2.24, 2.45) is 0 Å². The Bertz CT molecular complexity index is 752. The van der Waals surface area contributed by atoms with Gasteiger partial charge in [-0.05, 0) is 60.2 Å². The third kappa shape index (κ3) is 3.77. The molecule has 3 rings (SSSR count). The van der Waals surface area contributed by atoms with E-state index >= 15 is 0 Å². The highest BCUT2D eigenvalue weighted by molar-refractivity contribution is 6.34. The molecule has 0 amide bonds. The van der Waals surface area contributed by atoms with Crippen LogP contribution in [0.3, 0.4) is 0 Å². The highest BCUT2D eigenvalue weighted by Crippen LogP contribution is 2.42. The molecule has 1 fully saturated rings. The molecule has 0 bridgehead atoms. The van der Waals surface area contributed by atoms with Gasteiger partial charge >= 0.3 is 5.97 Å². The van der Waals surface area contributed by atoms with Crippen LogP contribution >= 0.6 is 23.2 Å². The van der Waals surface area contributed by atoms with E-state index in [4.69, 9.17) is 33.0 Å². The fourth-order valence-corrected chi connectivity index (χ4v) is 2.97. The number of ether oxygens (including phenoxy) is 1. The molecule has 0 unspecified atom stereocenters. The number of benzene rings is 2. The van der Waals surface area contributed by atoms with E-state index in [1.165, 1.54) is 12.1 Å². The first-order valence-corrected chi connectivity index (χ1v) is 7.84. The number of halogens is 3. The number of hydrogen-bond donors (Lipinski definition) is 1. The van der Waals surface area contributed by atoms with Gasteiger partial charge in [-0.2, -0.15) is 0 Å². The van der Waals surface area contributed by atoms with Crippen LogP contribution in [0.5, 0.6) is 5.75 Å². The minimum Gasteiger partial charge on any atom is -0.489 e. The van der Waals surface area contributed by atoms with Gasteiger partial charge in [0, 0.05) is 10.0 Å². The molecule has 0 aliphatic heterocycles. The first kappa shape index (κ1) is 16.1. The van der Waals surface area contributed by atoms with E-state index < -0.39 is 11.8 Å². The third-order valence-electron chi connectivity index (χ3n) is 3.71. The van der Waals surface area contributed by atoms with Crippen molar-refractivity contribution in [2.75, 3.05) is 0 Å². The van der Waals surface area contributed by atoms with Crippen molar-refractivity contribution in [1.82, 2.24) is 0 Å². The van der Waals surface area contributed by atoms with Crippen molar-refractivity contribution >= 4 is 29.2 Å². The summed E-state index contributed by atoms with van der Waals surface area (Å²) in [6.07, 6.45) is 1.95. The summed E-state index contributed by atoms with van der Waals surface area (Å²) >= 11 is 11.8. The number of aromatic carboxylic acids is 1. The van der Waals surface area contributed by atoms with Crippen molar-refractivity contribution in [3.8, 4) is 5.75 Å². The lowest BCUT2D eigenvalue weighted by atomic mass is 10.00. The van der Waals surface area contributed by atoms with Gasteiger partial charge in [0.05, 0.1) is 5.56 Å². The standard InChI is InChI=1S/C17H13Cl2FO3/c18-11-4-12(19)6-13(5-11)23-8-10-3-16(20)15(17(21)22)7-14(10)9-1-2-9/h3-7,9H,1-2,8H2,(H,21,22). The molecular weight excluding hydrogens is 342 g/mol. The van der Waals surface area contributed by atoms with Gasteiger partial charge in [-0.3, -0.25) is 0 Å². The molecule has 0 atom stereocenters. The topological polar surface area (TPSA) is 46.5 Å². The number of rotatable bonds is 5. The van der Waals surface area contributed by atoms with Crippen molar-refractivity contribution < 1.29 is 19.0 Å². The first-order chi connectivity index (χ1) is 10.9. The third-order valence-corrected chi connectivity index (χ3v) is 4.14. The second kappa shape index (κ2) is 6.38. The van der Waals surface area contributed by atoms with E-state index in [0.29, 0.717) is 21.4 Å². The highest BCUT2D eigenvalue weighted by Gasteiger charge is 2.28. The largest absolute Gasteiger partial charge is 0.489 e. The van der Waals surface area contributed by atoms with Gasteiger partial charge in [-0.1, -0.05) is 23.2 Å². The van der Waals surface area contributed by atoms with Crippen molar-refractivity contribution in [3.05, 3.63) is 62.9 Å². The second-order valence-corrected chi connectivity index (χ2v) is 6.38. The zero-order chi connectivity index (χ0) is 16.6. The summed E-state index contributed by atoms with van der Waals surface area (Å²) in [6.45, 7) is 0.124. The summed E-state index contributed by atoms with van der Waals surface area (Å²) < 4.78 is 19.6. The molecule has 1 aliphatic carbocycles. The van der Waals surface area contributed by atoms with E-state index in [0.717, 1.165) is 18.4 Å². The summed E-state index contributed by atoms with van der Waals surface area (Å²) in [5.41, 5.74) is 1.17. The lowest BCUT2D eigenvalue weighted by molar-refractivity contribution is 0.0691. The molecule has 2 aromatic rings. The van der Waals surface area contributed by atoms with Crippen molar-refractivity contribution in [1.29, 1.82) is 0 Å². The molecule has 1 N–H and O–H groups in total. The van der Waals surface area contributed by atoms with Crippen LogP contribution in [0.1, 0.15) is 40.2 Å². The molecule has 0 heterocycles. The Labute approximate surface area is 142 Å². The van der Waals surface area contributed by atoms with Gasteiger partial charge in [-0.15, -0.1) is 0 Å². The predicted octanol–water partition coefficient (Wildman–Crippen LogP) is 5.29. The molecule has 0 spiro atoms. The summed E-state index contributed by atoms with van der Waals surface area (Å²) in [5.74, 6) is -1.27. The Kier molecular flexibility index (Phi) is 4.46. The van der Waals surface area contributed by atoms with E-state index in [1.807, 2.05) is 0 Å².